The van der Waals surface area contributed by atoms with Crippen LogP contribution in [-0.4, -0.2) is 44.9 Å². The Hall–Kier alpha value is -14.7. The van der Waals surface area contributed by atoms with E-state index in [2.05, 4.69) is 244 Å². The van der Waals surface area contributed by atoms with Crippen molar-refractivity contribution >= 4 is 194 Å². The fraction of sp³-hybridized carbons (Fsp3) is 0.0571. The average Bonchev–Trinajstić information content (AvgIpc) is 0.751. The van der Waals surface area contributed by atoms with Crippen LogP contribution in [0.4, 0.5) is 0 Å². The van der Waals surface area contributed by atoms with E-state index in [0.29, 0.717) is 18.1 Å². The molecule has 9 heteroatoms. The molecule has 630 valence electrons. The summed E-state index contributed by atoms with van der Waals surface area (Å²) < 4.78 is 473. The topological polar surface area (TPSA) is 116 Å². The largest absolute Gasteiger partial charge is 0.264 e. The van der Waals surface area contributed by atoms with Gasteiger partial charge in [-0.1, -0.05) is 282 Å². The predicted molar refractivity (Wildman–Crippen MR) is 577 cm³/mol. The monoisotopic (exact) mass is 1650 g/mol. The second-order valence-corrected chi connectivity index (χ2v) is 28.3. The SMILES string of the molecule is CCc1cc2c3ccccc3c3ccccc3c2cn1.CCc1ccc2c3ccccc3c3ccccc3c2n1.CCc1ncc2c3ccccc3c3ccccc3c2n1.[2H][2H].[2H][2H].[2H][2H].[2H][2H].[2H][2H].[2H][2H].[2H][2H].[2H][2H].[2H][2H].[2H][2H].[2H][2H].[2H][2H].[2H][2H].[2H][2H].[2H][2H].[2H][2H].[2H][2H].[2H][2H].[2H][2H].[2H][2H].[2H][2H].[2H][2H].[2H][2H].[2H][2H].[2H][2H].[2H][2H].[2H][2H].[2H][2H].[2H][2H].[2H][2H].[2H][2H].[2H][2H].[2H][2H].[2H][2H].[2H][2H].[2H][2H].[2H][2H].[2H][2H].[2H][2H].[2H][2H].[2H][2H].[2H][2H].[2H][2H].[2H][2H].[2H][2H].[2H]c1ccc2c(c1)c1cnccc1c1ncccc21.[2H]c1ccc2c3ccccc3c3ncccc3c2c1.[2H]c1ccc2c3ccncc3c3cnccc3c2c1. The first kappa shape index (κ1) is 35.1. The maximum atomic E-state index is 7.84. The molecule has 0 unspecified atom stereocenters. The Bertz CT molecular complexity index is 7280. The van der Waals surface area contributed by atoms with E-state index in [1.807, 2.05) is 140 Å². The normalized spacial score (nSPS) is 14.9. The molecule has 114 heavy (non-hydrogen) atoms. The molecule has 0 aliphatic carbocycles. The molecule has 8 aromatic heterocycles. The molecular weight excluding hydrogens is 1390 g/mol. The van der Waals surface area contributed by atoms with E-state index < -0.39 is 0 Å². The van der Waals surface area contributed by atoms with Gasteiger partial charge in [0.1, 0.15) is 5.82 Å². The quantitative estimate of drug-likeness (QED) is 0.159. The van der Waals surface area contributed by atoms with E-state index in [0.717, 1.165) is 134 Å². The third kappa shape index (κ3) is 12.6. The Morgan fingerprint density at radius 1 is 0.211 bits per heavy atom. The molecule has 0 aliphatic heterocycles. The van der Waals surface area contributed by atoms with Crippen LogP contribution in [0.1, 0.15) is 176 Å². The second-order valence-electron chi connectivity index (χ2n) is 28.3. The highest BCUT2D eigenvalue weighted by molar-refractivity contribution is 6.29. The smallest absolute Gasteiger partial charge is 0.128 e. The lowest BCUT2D eigenvalue weighted by Gasteiger charge is -2.10. The van der Waals surface area contributed by atoms with Gasteiger partial charge in [0.2, 0.25) is 0 Å². The van der Waals surface area contributed by atoms with Crippen LogP contribution in [0, 0.1) is 0 Å². The first-order valence-electron chi connectivity index (χ1n) is 85.3. The zero-order valence-electron chi connectivity index (χ0n) is 156. The molecule has 24 rings (SSSR count). The van der Waals surface area contributed by atoms with Crippen LogP contribution < -0.4 is 0 Å². The number of aryl methyl sites for hydroxylation is 3. The zero-order valence-corrected chi connectivity index (χ0v) is 63.1. The highest BCUT2D eigenvalue weighted by Crippen LogP contribution is 2.41. The number of pyridine rings is 7. The molecule has 0 amide bonds. The van der Waals surface area contributed by atoms with E-state index in [-0.39, 0.29) is 0 Å². The average molecular weight is 1650 g/mol. The van der Waals surface area contributed by atoms with Crippen molar-refractivity contribution in [2.75, 3.05) is 0 Å². The third-order valence-corrected chi connectivity index (χ3v) is 22.0. The lowest BCUT2D eigenvalue weighted by atomic mass is 9.95. The standard InChI is InChI=1S/2C19H15N.C18H14N2.C17H11N.2C16H10N2.45H2/c1-2-13-11-18-16-9-5-3-7-14(16)15-8-4-6-10-17(15)19(18)12-20-13;1-2-13-11-12-18-16-9-4-3-7-14(16)15-8-5-6-10-17(15)19(18)20-13;1-2-17-19-11-16-14-9-4-3-7-12(14)13-8-5-6-10-15(13)18(16)20-17;1-2-7-14-12(6-1)13-8-3-4-9-15(13)17-16(14)10-5-11-18-17;1-2-5-12-11(4-1)13-6-3-8-18-16(13)14-7-9-17-10-15(12)14;1-2-4-12-11(3-1)13-5-7-17-9-15(13)16-10-18-8-6-14(12)16;;;;;;;;;;;;;;;;;;;;;;;;;;;;;;;;;;;;;;;;;;;;;/h2*3-12H,2H2,1H3;3-11H,2H2,1H3;1-11H;2*1-10H;45*1H/i;;;2*2D;1D;45*1+1D. The summed E-state index contributed by atoms with van der Waals surface area (Å²) in [6.07, 6.45) is 21.4. The summed E-state index contributed by atoms with van der Waals surface area (Å²) >= 11 is 0. The molecule has 0 N–H and O–H groups in total. The number of hydrogen-bond donors (Lipinski definition) is 0. The van der Waals surface area contributed by atoms with Gasteiger partial charge >= 0.3 is 0 Å². The van der Waals surface area contributed by atoms with Crippen molar-refractivity contribution in [2.24, 2.45) is 0 Å². The first-order valence-corrected chi connectivity index (χ1v) is 38.8. The Morgan fingerprint density at radius 2 is 0.491 bits per heavy atom. The van der Waals surface area contributed by atoms with Crippen molar-refractivity contribution in [1.29, 1.82) is 0 Å². The molecule has 0 radical (unpaired) electrons. The van der Waals surface area contributed by atoms with Crippen LogP contribution in [0.25, 0.3) is 194 Å². The van der Waals surface area contributed by atoms with Crippen molar-refractivity contribution in [3.63, 3.8) is 0 Å². The van der Waals surface area contributed by atoms with E-state index in [1.54, 1.807) is 18.6 Å². The van der Waals surface area contributed by atoms with Gasteiger partial charge in [-0.2, -0.15) is 0 Å². The van der Waals surface area contributed by atoms with Gasteiger partial charge in [0.25, 0.3) is 0 Å². The zero-order chi connectivity index (χ0) is 169. The molecule has 0 bridgehead atoms. The summed E-state index contributed by atoms with van der Waals surface area (Å²) in [7, 11) is 0. The number of benzene rings is 16. The van der Waals surface area contributed by atoms with Gasteiger partial charge in [-0.05, 0) is 163 Å². The minimum absolute atomic E-state index is 0.515. The van der Waals surface area contributed by atoms with Crippen molar-refractivity contribution in [1.82, 2.24) is 44.9 Å². The van der Waals surface area contributed by atoms with Gasteiger partial charge in [-0.15, -0.1) is 0 Å². The van der Waals surface area contributed by atoms with Gasteiger partial charge in [0, 0.05) is 278 Å². The molecule has 0 saturated heterocycles. The van der Waals surface area contributed by atoms with E-state index in [4.69, 9.17) is 148 Å². The number of aromatic nitrogens is 9. The van der Waals surface area contributed by atoms with Gasteiger partial charge < -0.3 is 0 Å². The lowest BCUT2D eigenvalue weighted by molar-refractivity contribution is 0.963. The van der Waals surface area contributed by atoms with Crippen molar-refractivity contribution in [3.8, 4) is 0 Å². The molecule has 0 fully saturated rings. The second kappa shape index (κ2) is 30.7. The molecular formula is C105H165N9. The number of hydrogen-bond acceptors (Lipinski definition) is 9. The minimum atomic E-state index is 0.515. The third-order valence-electron chi connectivity index (χ3n) is 22.0. The molecule has 8 heterocycles. The molecule has 0 aliphatic rings. The van der Waals surface area contributed by atoms with Gasteiger partial charge in [0.15, 0.2) is 0 Å². The fourth-order valence-corrected chi connectivity index (χ4v) is 16.7. The fourth-order valence-electron chi connectivity index (χ4n) is 16.7. The summed E-state index contributed by atoms with van der Waals surface area (Å²) in [5, 5.41) is 38.2. The Balaban J connectivity index is -0.0000000676. The molecule has 0 saturated carbocycles. The molecule has 9 nitrogen and oxygen atoms in total. The van der Waals surface area contributed by atoms with Crippen LogP contribution in [-0.2, 0) is 19.3 Å². The summed E-state index contributed by atoms with van der Waals surface area (Å²) in [5.41, 5.74) is 6.49. The van der Waals surface area contributed by atoms with E-state index >= 15 is 0 Å². The van der Waals surface area contributed by atoms with Crippen LogP contribution in [0.3, 0.4) is 0 Å². The molecule has 24 aromatic rings. The van der Waals surface area contributed by atoms with Gasteiger partial charge in [-0.25, -0.2) is 9.97 Å². The molecule has 16 aromatic carbocycles. The highest BCUT2D eigenvalue weighted by Gasteiger charge is 2.16. The van der Waals surface area contributed by atoms with Crippen LogP contribution >= 0.6 is 0 Å². The first-order chi connectivity index (χ1) is 103. The van der Waals surface area contributed by atoms with E-state index in [9.17, 15) is 0 Å². The maximum Gasteiger partial charge on any atom is 0.128 e. The number of rotatable bonds is 3. The maximum absolute atomic E-state index is 7.84. The van der Waals surface area contributed by atoms with Gasteiger partial charge in [0.05, 0.1) is 26.2 Å². The van der Waals surface area contributed by atoms with E-state index in [1.165, 1.54) is 97.0 Å². The summed E-state index contributed by atoms with van der Waals surface area (Å²) in [5.74, 6) is 0.901. The van der Waals surface area contributed by atoms with Crippen LogP contribution in [0.15, 0.2) is 365 Å². The number of fused-ring (bicyclic) bond motifs is 36. The summed E-state index contributed by atoms with van der Waals surface area (Å²) in [6, 6.07) is 99.2. The number of nitrogens with zero attached hydrogens (tertiary/aromatic N) is 9. The Labute approximate surface area is 800 Å². The minimum Gasteiger partial charge on any atom is -0.264 e. The Morgan fingerprint density at radius 3 is 0.921 bits per heavy atom. The van der Waals surface area contributed by atoms with Crippen LogP contribution in [0.5, 0.6) is 0 Å². The highest BCUT2D eigenvalue weighted by atomic mass is 14.9. The van der Waals surface area contributed by atoms with Crippen molar-refractivity contribution in [3.05, 3.63) is 382 Å². The van der Waals surface area contributed by atoms with Gasteiger partial charge in [-0.3, -0.25) is 34.9 Å². The summed E-state index contributed by atoms with van der Waals surface area (Å²) in [4.78, 5) is 40.4. The van der Waals surface area contributed by atoms with Crippen LogP contribution in [0.2, 0.25) is 0 Å². The molecule has 0 atom stereocenters. The van der Waals surface area contributed by atoms with Crippen molar-refractivity contribution < 1.29 is 138 Å². The Kier molecular flexibility index (Phi) is 9.45. The molecule has 0 spiro atoms. The summed E-state index contributed by atoms with van der Waals surface area (Å²) in [6.45, 7) is 6.39. The lowest BCUT2D eigenvalue weighted by Crippen LogP contribution is -1.94. The predicted octanol–water partition coefficient (Wildman–Crippen LogP) is 38.2. The van der Waals surface area contributed by atoms with Crippen molar-refractivity contribution in [2.45, 2.75) is 40.0 Å².